The van der Waals surface area contributed by atoms with Gasteiger partial charge in [0.2, 0.25) is 0 Å². The van der Waals surface area contributed by atoms with Gasteiger partial charge in [-0.3, -0.25) is 0 Å². The van der Waals surface area contributed by atoms with E-state index in [0.717, 1.165) is 57.7 Å². The topological polar surface area (TPSA) is 194 Å². The number of nitrogens with zero attached hydrogens (tertiary/aromatic N) is 12. The van der Waals surface area contributed by atoms with Gasteiger partial charge >= 0.3 is 12.0 Å². The summed E-state index contributed by atoms with van der Waals surface area (Å²) >= 11 is 13.1. The molecule has 10 rings (SSSR count). The predicted molar refractivity (Wildman–Crippen MR) is 262 cm³/mol. The largest absolute Gasteiger partial charge is 0.494 e. The zero-order chi connectivity index (χ0) is 49.1. The lowest BCUT2D eigenvalue weighted by Crippen LogP contribution is -2.35. The average Bonchev–Trinajstić information content (AvgIpc) is 4.07. The minimum Gasteiger partial charge on any atom is -0.494 e. The van der Waals surface area contributed by atoms with Crippen LogP contribution >= 0.6 is 23.2 Å². The molecule has 0 amide bonds. The first-order valence-electron chi connectivity index (χ1n) is 22.3. The highest BCUT2D eigenvalue weighted by Gasteiger charge is 2.39. The van der Waals surface area contributed by atoms with Crippen molar-refractivity contribution in [3.8, 4) is 23.5 Å². The highest BCUT2D eigenvalue weighted by atomic mass is 35.5. The molecule has 360 valence electrons. The molecule has 5 aromatic heterocycles. The van der Waals surface area contributed by atoms with Crippen molar-refractivity contribution in [3.63, 3.8) is 0 Å². The van der Waals surface area contributed by atoms with Crippen LogP contribution < -0.4 is 25.1 Å². The first-order valence-corrected chi connectivity index (χ1v) is 23.0. The third kappa shape index (κ3) is 8.10. The van der Waals surface area contributed by atoms with Crippen molar-refractivity contribution < 1.29 is 28.5 Å². The number of fused-ring (bicyclic) bond motifs is 4. The summed E-state index contributed by atoms with van der Waals surface area (Å²) in [5.41, 5.74) is 6.01. The second kappa shape index (κ2) is 18.4. The van der Waals surface area contributed by atoms with Crippen LogP contribution in [0, 0.1) is 11.6 Å². The molecular formula is C48H46Cl2F2N14O4. The zero-order valence-corrected chi connectivity index (χ0v) is 40.3. The van der Waals surface area contributed by atoms with Crippen LogP contribution in [0.1, 0.15) is 53.3 Å². The zero-order valence-electron chi connectivity index (χ0n) is 38.8. The van der Waals surface area contributed by atoms with Crippen molar-refractivity contribution >= 4 is 79.6 Å². The number of aromatic nitrogens is 10. The summed E-state index contributed by atoms with van der Waals surface area (Å²) in [6, 6.07) is 16.8. The lowest BCUT2D eigenvalue weighted by atomic mass is 10.2. The Balaban J connectivity index is 1.17. The van der Waals surface area contributed by atoms with E-state index >= 15 is 8.78 Å². The van der Waals surface area contributed by atoms with Gasteiger partial charge in [-0.1, -0.05) is 49.2 Å². The van der Waals surface area contributed by atoms with E-state index in [4.69, 9.17) is 47.7 Å². The van der Waals surface area contributed by atoms with Crippen molar-refractivity contribution in [1.29, 1.82) is 0 Å². The van der Waals surface area contributed by atoms with E-state index in [2.05, 4.69) is 46.6 Å². The number of benzene rings is 4. The Morgan fingerprint density at radius 2 is 1.20 bits per heavy atom. The molecular weight excluding hydrogens is 946 g/mol. The molecule has 6 heterocycles. The third-order valence-electron chi connectivity index (χ3n) is 12.6. The number of aromatic hydroxyl groups is 2. The maximum absolute atomic E-state index is 15.8. The van der Waals surface area contributed by atoms with Gasteiger partial charge in [-0.25, -0.2) is 33.4 Å². The van der Waals surface area contributed by atoms with Crippen LogP contribution in [0.15, 0.2) is 60.7 Å². The third-order valence-corrected chi connectivity index (χ3v) is 13.3. The average molecular weight is 992 g/mol. The summed E-state index contributed by atoms with van der Waals surface area (Å²) in [4.78, 5) is 27.7. The molecule has 1 aliphatic heterocycles. The number of anilines is 4. The van der Waals surface area contributed by atoms with Gasteiger partial charge in [0.25, 0.3) is 0 Å². The van der Waals surface area contributed by atoms with Gasteiger partial charge in [-0.15, -0.1) is 5.10 Å². The fourth-order valence-electron chi connectivity index (χ4n) is 9.07. The number of hydrogen-bond donors (Lipinski definition) is 4. The van der Waals surface area contributed by atoms with E-state index in [1.165, 1.54) is 38.5 Å². The van der Waals surface area contributed by atoms with Crippen LogP contribution in [0.5, 0.6) is 23.5 Å². The van der Waals surface area contributed by atoms with Crippen LogP contribution in [-0.2, 0) is 59.7 Å². The first-order chi connectivity index (χ1) is 33.8. The molecule has 0 saturated heterocycles. The van der Waals surface area contributed by atoms with Gasteiger partial charge in [0, 0.05) is 67.7 Å². The van der Waals surface area contributed by atoms with Crippen molar-refractivity contribution in [2.24, 2.45) is 14.1 Å². The van der Waals surface area contributed by atoms with E-state index in [-0.39, 0.29) is 88.5 Å². The molecule has 4 N–H and O–H groups in total. The van der Waals surface area contributed by atoms with E-state index < -0.39 is 23.7 Å². The molecule has 70 heavy (non-hydrogen) atoms. The number of rotatable bonds is 15. The Kier molecular flexibility index (Phi) is 12.1. The second-order valence-electron chi connectivity index (χ2n) is 16.7. The molecule has 0 bridgehead atoms. The van der Waals surface area contributed by atoms with Crippen molar-refractivity contribution in [3.05, 3.63) is 122 Å². The van der Waals surface area contributed by atoms with E-state index in [9.17, 15) is 10.2 Å². The van der Waals surface area contributed by atoms with Gasteiger partial charge in [0.15, 0.2) is 40.4 Å². The molecule has 4 aromatic carbocycles. The number of ether oxygens (including phenoxy) is 2. The fourth-order valence-corrected chi connectivity index (χ4v) is 9.50. The van der Waals surface area contributed by atoms with Crippen LogP contribution in [0.25, 0.3) is 33.1 Å². The number of nitrogens with one attached hydrogen (secondary N) is 2. The Morgan fingerprint density at radius 3 is 1.76 bits per heavy atom. The molecule has 0 aliphatic carbocycles. The molecule has 1 aliphatic rings. The van der Waals surface area contributed by atoms with E-state index in [1.54, 1.807) is 9.69 Å². The molecule has 22 heteroatoms. The monoisotopic (exact) mass is 990 g/mol. The Hall–Kier alpha value is -7.55. The maximum Gasteiger partial charge on any atom is 0.318 e. The van der Waals surface area contributed by atoms with Crippen LogP contribution in [0.2, 0.25) is 10.0 Å². The molecule has 0 saturated carbocycles. The van der Waals surface area contributed by atoms with Gasteiger partial charge in [-0.2, -0.15) is 19.9 Å². The summed E-state index contributed by atoms with van der Waals surface area (Å²) in [5.74, 6) is 1.36. The Bertz CT molecular complexity index is 3530. The highest BCUT2D eigenvalue weighted by Crippen LogP contribution is 2.46. The van der Waals surface area contributed by atoms with Crippen LogP contribution in [0.3, 0.4) is 0 Å². The summed E-state index contributed by atoms with van der Waals surface area (Å²) in [6.07, 6.45) is 1.48. The fraction of sp³-hybridized carbons (Fsp3) is 0.271. The van der Waals surface area contributed by atoms with Crippen molar-refractivity contribution in [2.45, 2.75) is 59.4 Å². The first kappa shape index (κ1) is 46.2. The number of aryl methyl sites for hydroxylation is 4. The number of methoxy groups -OCH3 is 2. The number of hydrogen-bond acceptors (Lipinski definition) is 15. The van der Waals surface area contributed by atoms with Crippen molar-refractivity contribution in [1.82, 2.24) is 53.8 Å². The second-order valence-corrected chi connectivity index (χ2v) is 17.5. The van der Waals surface area contributed by atoms with Gasteiger partial charge in [-0.05, 0) is 59.7 Å². The quantitative estimate of drug-likeness (QED) is 0.0760. The molecule has 18 nitrogen and oxygen atoms in total. The minimum absolute atomic E-state index is 0.00691. The number of imidazole rings is 2. The molecule has 0 atom stereocenters. The Morgan fingerprint density at radius 1 is 0.671 bits per heavy atom. The summed E-state index contributed by atoms with van der Waals surface area (Å²) < 4.78 is 47.8. The normalized spacial score (nSPS) is 12.7. The molecule has 0 spiro atoms. The minimum atomic E-state index is -0.679. The van der Waals surface area contributed by atoms with E-state index in [0.29, 0.717) is 16.8 Å². The smallest absolute Gasteiger partial charge is 0.318 e. The highest BCUT2D eigenvalue weighted by molar-refractivity contribution is 6.31. The lowest BCUT2D eigenvalue weighted by Gasteiger charge is -2.30. The number of hydrazine groups is 1. The molecule has 9 aromatic rings. The maximum atomic E-state index is 15.8. The SMILES string of the molecule is CCc1nc2cc(CN3Cc4c(NCc5c(Cl)ccc(OC)c5F)nc(O)nc4N3c3c4c(NCc5c(Cl)ccc(OC)c5F)nc(O)nc4nn3Cc3ccc4c(c3)nc(CC)n4C)ccc2n1C. The predicted octanol–water partition coefficient (Wildman–Crippen LogP) is 8.87. The molecule has 0 radical (unpaired) electrons. The standard InChI is InChI=1S/C48H46Cl2F2N14O4/c1-7-37-55-31-17-24(9-13-33(31)62(37)3)21-64-23-28-42(53-19-26-29(49)11-15-35(69-5)40(26)51)57-48(68)60-45(28)66(64)46-39-43(54-20-27-30(50)12-16-36(70-6)41(27)52)58-47(67)59-44(39)61-65(46)22-25-10-14-34-32(18-25)56-38(8-2)63(34)4/h9-18H,7-8,19-23H2,1-6H3,(H2,53,57,60,68)(H2,54,58,59,61,67). The summed E-state index contributed by atoms with van der Waals surface area (Å²) in [6.45, 7) is 4.31. The van der Waals surface area contributed by atoms with Gasteiger partial charge in [0.05, 0.1) is 54.9 Å². The summed E-state index contributed by atoms with van der Waals surface area (Å²) in [7, 11) is 6.69. The Labute approximate surface area is 409 Å². The van der Waals surface area contributed by atoms with Crippen LogP contribution in [-0.4, -0.2) is 78.3 Å². The van der Waals surface area contributed by atoms with Gasteiger partial charge in [0.1, 0.15) is 28.7 Å². The van der Waals surface area contributed by atoms with Gasteiger partial charge < -0.3 is 39.5 Å². The summed E-state index contributed by atoms with van der Waals surface area (Å²) in [5, 5.41) is 38.2. The molecule has 0 fully saturated rings. The van der Waals surface area contributed by atoms with Crippen molar-refractivity contribution in [2.75, 3.05) is 29.9 Å². The lowest BCUT2D eigenvalue weighted by molar-refractivity contribution is 0.278. The molecule has 0 unspecified atom stereocenters. The number of halogens is 4. The van der Waals surface area contributed by atoms with E-state index in [1.807, 2.05) is 62.4 Å². The van der Waals surface area contributed by atoms with Crippen LogP contribution in [0.4, 0.5) is 32.1 Å².